The van der Waals surface area contributed by atoms with Crippen molar-refractivity contribution in [3.63, 3.8) is 0 Å². The molecule has 0 aromatic heterocycles. The summed E-state index contributed by atoms with van der Waals surface area (Å²) >= 11 is 12.0. The minimum Gasteiger partial charge on any atom is -0.292 e. The smallest absolute Gasteiger partial charge is 0.263 e. The molecule has 0 fully saturated rings. The number of hydrogen-bond donors (Lipinski definition) is 0. The Morgan fingerprint density at radius 3 is 2.12 bits per heavy atom. The SMILES string of the molecule is CC(=O)N(CN1C(=O)c2ccccc2C1=O)c1ccc(Cl)cc1Cl. The highest BCUT2D eigenvalue weighted by Gasteiger charge is 2.37. The molecule has 5 nitrogen and oxygen atoms in total. The van der Waals surface area contributed by atoms with Crippen LogP contribution in [0.2, 0.25) is 10.0 Å². The van der Waals surface area contributed by atoms with E-state index in [9.17, 15) is 14.4 Å². The first-order valence-electron chi connectivity index (χ1n) is 7.08. The maximum Gasteiger partial charge on any atom is 0.263 e. The molecule has 2 aromatic rings. The number of carbonyl (C=O) groups is 3. The van der Waals surface area contributed by atoms with E-state index >= 15 is 0 Å². The van der Waals surface area contributed by atoms with Crippen LogP contribution in [0.25, 0.3) is 0 Å². The molecule has 1 aliphatic rings. The van der Waals surface area contributed by atoms with Gasteiger partial charge in [-0.1, -0.05) is 35.3 Å². The zero-order valence-electron chi connectivity index (χ0n) is 12.6. The molecule has 122 valence electrons. The molecule has 2 aromatic carbocycles. The van der Waals surface area contributed by atoms with Gasteiger partial charge in [0.05, 0.1) is 21.8 Å². The van der Waals surface area contributed by atoms with Gasteiger partial charge in [0.1, 0.15) is 6.67 Å². The van der Waals surface area contributed by atoms with Crippen molar-refractivity contribution in [1.29, 1.82) is 0 Å². The number of halogens is 2. The molecular formula is C17H12Cl2N2O3. The number of hydrogen-bond acceptors (Lipinski definition) is 3. The van der Waals surface area contributed by atoms with Gasteiger partial charge < -0.3 is 0 Å². The van der Waals surface area contributed by atoms with E-state index in [0.717, 1.165) is 4.90 Å². The molecule has 0 saturated carbocycles. The number of fused-ring (bicyclic) bond motifs is 1. The van der Waals surface area contributed by atoms with Crippen LogP contribution in [0, 0.1) is 0 Å². The van der Waals surface area contributed by atoms with Gasteiger partial charge in [0.2, 0.25) is 5.91 Å². The number of carbonyl (C=O) groups excluding carboxylic acids is 3. The summed E-state index contributed by atoms with van der Waals surface area (Å²) in [6, 6.07) is 11.2. The molecule has 0 saturated heterocycles. The summed E-state index contributed by atoms with van der Waals surface area (Å²) in [4.78, 5) is 39.2. The molecule has 3 amide bonds. The van der Waals surface area contributed by atoms with Gasteiger partial charge in [0, 0.05) is 11.9 Å². The molecular weight excluding hydrogens is 351 g/mol. The van der Waals surface area contributed by atoms with Gasteiger partial charge in [0.15, 0.2) is 0 Å². The second-order valence-corrected chi connectivity index (χ2v) is 6.11. The average Bonchev–Trinajstić information content (AvgIpc) is 2.78. The number of rotatable bonds is 3. The van der Waals surface area contributed by atoms with Crippen molar-refractivity contribution in [2.75, 3.05) is 11.6 Å². The highest BCUT2D eigenvalue weighted by Crippen LogP contribution is 2.30. The van der Waals surface area contributed by atoms with Gasteiger partial charge >= 0.3 is 0 Å². The van der Waals surface area contributed by atoms with Crippen molar-refractivity contribution in [3.05, 3.63) is 63.6 Å². The highest BCUT2D eigenvalue weighted by molar-refractivity contribution is 6.36. The van der Waals surface area contributed by atoms with E-state index in [1.54, 1.807) is 36.4 Å². The summed E-state index contributed by atoms with van der Waals surface area (Å²) in [7, 11) is 0. The van der Waals surface area contributed by atoms with Crippen LogP contribution in [-0.4, -0.2) is 29.3 Å². The minimum atomic E-state index is -0.438. The number of imide groups is 1. The third kappa shape index (κ3) is 2.77. The van der Waals surface area contributed by atoms with Crippen LogP contribution in [0.15, 0.2) is 42.5 Å². The van der Waals surface area contributed by atoms with E-state index in [0.29, 0.717) is 21.8 Å². The van der Waals surface area contributed by atoms with Crippen molar-refractivity contribution in [2.45, 2.75) is 6.92 Å². The standard InChI is InChI=1S/C17H12Cl2N2O3/c1-10(22)20(15-7-6-11(18)8-14(15)19)9-21-16(23)12-4-2-3-5-13(12)17(21)24/h2-8H,9H2,1H3. The summed E-state index contributed by atoms with van der Waals surface area (Å²) in [6.07, 6.45) is 0. The monoisotopic (exact) mass is 362 g/mol. The van der Waals surface area contributed by atoms with Gasteiger partial charge in [-0.2, -0.15) is 0 Å². The lowest BCUT2D eigenvalue weighted by atomic mass is 10.1. The Bertz CT molecular complexity index is 832. The normalized spacial score (nSPS) is 13.2. The van der Waals surface area contributed by atoms with Crippen LogP contribution >= 0.6 is 23.2 Å². The van der Waals surface area contributed by atoms with Gasteiger partial charge in [-0.25, -0.2) is 0 Å². The van der Waals surface area contributed by atoms with Crippen molar-refractivity contribution in [3.8, 4) is 0 Å². The summed E-state index contributed by atoms with van der Waals surface area (Å²) in [6.45, 7) is 1.12. The quantitative estimate of drug-likeness (QED) is 0.783. The second-order valence-electron chi connectivity index (χ2n) is 5.27. The molecule has 0 radical (unpaired) electrons. The Morgan fingerprint density at radius 2 is 1.62 bits per heavy atom. The largest absolute Gasteiger partial charge is 0.292 e. The number of nitrogens with zero attached hydrogens (tertiary/aromatic N) is 2. The molecule has 7 heteroatoms. The summed E-state index contributed by atoms with van der Waals surface area (Å²) in [5.41, 5.74) is 1.03. The Hall–Kier alpha value is -2.37. The minimum absolute atomic E-state index is 0.219. The number of amides is 3. The van der Waals surface area contributed by atoms with E-state index < -0.39 is 11.8 Å². The first-order chi connectivity index (χ1) is 11.4. The average molecular weight is 363 g/mol. The first-order valence-corrected chi connectivity index (χ1v) is 7.84. The van der Waals surface area contributed by atoms with Crippen molar-refractivity contribution in [1.82, 2.24) is 4.90 Å². The van der Waals surface area contributed by atoms with Gasteiger partial charge in [-0.05, 0) is 30.3 Å². The van der Waals surface area contributed by atoms with E-state index in [-0.39, 0.29) is 17.6 Å². The molecule has 0 atom stereocenters. The Balaban J connectivity index is 1.95. The maximum atomic E-state index is 12.4. The van der Waals surface area contributed by atoms with Crippen LogP contribution in [0.1, 0.15) is 27.6 Å². The molecule has 0 spiro atoms. The zero-order valence-corrected chi connectivity index (χ0v) is 14.1. The molecule has 3 rings (SSSR count). The third-order valence-corrected chi connectivity index (χ3v) is 4.28. The van der Waals surface area contributed by atoms with Crippen LogP contribution < -0.4 is 4.90 Å². The number of benzene rings is 2. The van der Waals surface area contributed by atoms with Crippen LogP contribution in [-0.2, 0) is 4.79 Å². The van der Waals surface area contributed by atoms with Crippen molar-refractivity contribution < 1.29 is 14.4 Å². The Labute approximate surface area is 148 Å². The van der Waals surface area contributed by atoms with Crippen molar-refractivity contribution in [2.24, 2.45) is 0 Å². The van der Waals surface area contributed by atoms with E-state index in [4.69, 9.17) is 23.2 Å². The summed E-state index contributed by atoms with van der Waals surface area (Å²) < 4.78 is 0. The molecule has 0 N–H and O–H groups in total. The lowest BCUT2D eigenvalue weighted by Crippen LogP contribution is -2.43. The third-order valence-electron chi connectivity index (χ3n) is 3.74. The van der Waals surface area contributed by atoms with Crippen LogP contribution in [0.4, 0.5) is 5.69 Å². The molecule has 1 aliphatic heterocycles. The van der Waals surface area contributed by atoms with Crippen LogP contribution in [0.3, 0.4) is 0 Å². The van der Waals surface area contributed by atoms with Crippen LogP contribution in [0.5, 0.6) is 0 Å². The Kier molecular flexibility index (Phi) is 4.30. The molecule has 0 aliphatic carbocycles. The zero-order chi connectivity index (χ0) is 17.4. The van der Waals surface area contributed by atoms with Gasteiger partial charge in [-0.15, -0.1) is 0 Å². The fraction of sp³-hybridized carbons (Fsp3) is 0.118. The summed E-state index contributed by atoms with van der Waals surface area (Å²) in [5.74, 6) is -1.23. The first kappa shape index (κ1) is 16.5. The van der Waals surface area contributed by atoms with Gasteiger partial charge in [0.25, 0.3) is 11.8 Å². The van der Waals surface area contributed by atoms with Gasteiger partial charge in [-0.3, -0.25) is 24.2 Å². The molecule has 24 heavy (non-hydrogen) atoms. The van der Waals surface area contributed by atoms with E-state index in [2.05, 4.69) is 0 Å². The fourth-order valence-electron chi connectivity index (χ4n) is 2.55. The summed E-state index contributed by atoms with van der Waals surface area (Å²) in [5, 5.41) is 0.683. The predicted octanol–water partition coefficient (Wildman–Crippen LogP) is 3.60. The topological polar surface area (TPSA) is 57.7 Å². The second kappa shape index (κ2) is 6.26. The fourth-order valence-corrected chi connectivity index (χ4v) is 3.07. The highest BCUT2D eigenvalue weighted by atomic mass is 35.5. The Morgan fingerprint density at radius 1 is 1.04 bits per heavy atom. The lowest BCUT2D eigenvalue weighted by molar-refractivity contribution is -0.116. The van der Waals surface area contributed by atoms with Crippen molar-refractivity contribution >= 4 is 46.6 Å². The molecule has 0 bridgehead atoms. The van der Waals surface area contributed by atoms with E-state index in [1.165, 1.54) is 17.9 Å². The van der Waals surface area contributed by atoms with E-state index in [1.807, 2.05) is 0 Å². The molecule has 1 heterocycles. The molecule has 0 unspecified atom stereocenters. The predicted molar refractivity (Wildman–Crippen MR) is 91.4 cm³/mol. The number of anilines is 1. The maximum absolute atomic E-state index is 12.4. The lowest BCUT2D eigenvalue weighted by Gasteiger charge is -2.26.